The van der Waals surface area contributed by atoms with Crippen molar-refractivity contribution in [3.05, 3.63) is 54.1 Å². The van der Waals surface area contributed by atoms with Gasteiger partial charge in [-0.25, -0.2) is 0 Å². The topological polar surface area (TPSA) is 35.2 Å². The first-order valence-corrected chi connectivity index (χ1v) is 8.04. The Kier molecular flexibility index (Phi) is 5.63. The van der Waals surface area contributed by atoms with E-state index in [1.807, 2.05) is 6.07 Å². The van der Waals surface area contributed by atoms with Crippen LogP contribution in [0.5, 0.6) is 5.75 Å². The number of para-hydroxylation sites is 1. The van der Waals surface area contributed by atoms with Gasteiger partial charge >= 0.3 is 0 Å². The Bertz CT molecular complexity index is 490. The van der Waals surface area contributed by atoms with Crippen LogP contribution in [0.4, 0.5) is 0 Å². The summed E-state index contributed by atoms with van der Waals surface area (Å²) >= 11 is 0. The van der Waals surface area contributed by atoms with E-state index >= 15 is 0 Å². The molecule has 0 saturated heterocycles. The zero-order chi connectivity index (χ0) is 15.1. The van der Waals surface area contributed by atoms with Crippen LogP contribution in [0.3, 0.4) is 0 Å². The summed E-state index contributed by atoms with van der Waals surface area (Å²) in [6.45, 7) is 5.21. The molecule has 1 aromatic carbocycles. The second-order valence-electron chi connectivity index (χ2n) is 5.87. The fourth-order valence-corrected chi connectivity index (χ4v) is 2.68. The minimum atomic E-state index is 0.0562. The molecule has 1 aliphatic carbocycles. The number of hydrogen-bond acceptors (Lipinski definition) is 2. The number of unbranched alkanes of at least 4 members (excludes halogenated alkanes) is 1. The molecule has 1 aromatic rings. The SMILES string of the molecule is CCCCOc1ccccc1CC1(CC)C=CC(N)C=C1. The fraction of sp³-hybridized carbons (Fsp3) is 0.474. The molecule has 0 heterocycles. The highest BCUT2D eigenvalue weighted by Crippen LogP contribution is 2.35. The van der Waals surface area contributed by atoms with Gasteiger partial charge in [0, 0.05) is 11.5 Å². The van der Waals surface area contributed by atoms with Gasteiger partial charge in [-0.15, -0.1) is 0 Å². The van der Waals surface area contributed by atoms with Crippen LogP contribution >= 0.6 is 0 Å². The first kappa shape index (κ1) is 15.8. The van der Waals surface area contributed by atoms with Crippen LogP contribution in [-0.2, 0) is 6.42 Å². The number of hydrogen-bond donors (Lipinski definition) is 1. The Balaban J connectivity index is 2.14. The minimum Gasteiger partial charge on any atom is -0.493 e. The van der Waals surface area contributed by atoms with Crippen molar-refractivity contribution in [1.29, 1.82) is 0 Å². The van der Waals surface area contributed by atoms with Gasteiger partial charge in [-0.3, -0.25) is 0 Å². The lowest BCUT2D eigenvalue weighted by molar-refractivity contribution is 0.303. The Hall–Kier alpha value is -1.54. The van der Waals surface area contributed by atoms with E-state index in [2.05, 4.69) is 56.4 Å². The molecule has 0 fully saturated rings. The predicted octanol–water partition coefficient (Wildman–Crippen LogP) is 4.26. The van der Waals surface area contributed by atoms with Gasteiger partial charge in [0.05, 0.1) is 6.61 Å². The number of benzene rings is 1. The molecule has 0 unspecified atom stereocenters. The van der Waals surface area contributed by atoms with Gasteiger partial charge in [0.2, 0.25) is 0 Å². The monoisotopic (exact) mass is 285 g/mol. The van der Waals surface area contributed by atoms with E-state index in [4.69, 9.17) is 10.5 Å². The smallest absolute Gasteiger partial charge is 0.122 e. The number of rotatable bonds is 7. The van der Waals surface area contributed by atoms with Crippen molar-refractivity contribution < 1.29 is 4.74 Å². The zero-order valence-corrected chi connectivity index (χ0v) is 13.2. The molecular formula is C19H27NO. The van der Waals surface area contributed by atoms with E-state index in [1.54, 1.807) is 0 Å². The average molecular weight is 285 g/mol. The highest BCUT2D eigenvalue weighted by atomic mass is 16.5. The van der Waals surface area contributed by atoms with Crippen molar-refractivity contribution in [3.8, 4) is 5.75 Å². The lowest BCUT2D eigenvalue weighted by Crippen LogP contribution is -2.25. The molecule has 2 heteroatoms. The molecule has 0 bridgehead atoms. The summed E-state index contributed by atoms with van der Waals surface area (Å²) in [5, 5.41) is 0. The van der Waals surface area contributed by atoms with Gasteiger partial charge < -0.3 is 10.5 Å². The third kappa shape index (κ3) is 4.21. The second-order valence-corrected chi connectivity index (χ2v) is 5.87. The van der Waals surface area contributed by atoms with Crippen molar-refractivity contribution in [1.82, 2.24) is 0 Å². The Morgan fingerprint density at radius 3 is 2.52 bits per heavy atom. The third-order valence-corrected chi connectivity index (χ3v) is 4.21. The summed E-state index contributed by atoms with van der Waals surface area (Å²) in [6.07, 6.45) is 13.0. The van der Waals surface area contributed by atoms with Gasteiger partial charge in [0.15, 0.2) is 0 Å². The summed E-state index contributed by atoms with van der Waals surface area (Å²) in [5.74, 6) is 1.02. The third-order valence-electron chi connectivity index (χ3n) is 4.21. The number of allylic oxidation sites excluding steroid dienone is 2. The summed E-state index contributed by atoms with van der Waals surface area (Å²) in [4.78, 5) is 0. The highest BCUT2D eigenvalue weighted by Gasteiger charge is 2.26. The van der Waals surface area contributed by atoms with Gasteiger partial charge in [-0.1, -0.05) is 62.8 Å². The standard InChI is InChI=1S/C19H27NO/c1-3-5-14-21-18-9-7-6-8-16(18)15-19(4-2)12-10-17(20)11-13-19/h6-13,17H,3-5,14-15,20H2,1-2H3. The first-order chi connectivity index (χ1) is 10.2. The zero-order valence-electron chi connectivity index (χ0n) is 13.2. The Morgan fingerprint density at radius 1 is 1.14 bits per heavy atom. The largest absolute Gasteiger partial charge is 0.493 e. The van der Waals surface area contributed by atoms with Gasteiger partial charge in [0.25, 0.3) is 0 Å². The molecule has 0 amide bonds. The predicted molar refractivity (Wildman–Crippen MR) is 89.5 cm³/mol. The van der Waals surface area contributed by atoms with Crippen molar-refractivity contribution in [3.63, 3.8) is 0 Å². The van der Waals surface area contributed by atoms with E-state index < -0.39 is 0 Å². The molecule has 2 N–H and O–H groups in total. The highest BCUT2D eigenvalue weighted by molar-refractivity contribution is 5.37. The van der Waals surface area contributed by atoms with Gasteiger partial charge in [-0.05, 0) is 30.9 Å². The van der Waals surface area contributed by atoms with Crippen LogP contribution < -0.4 is 10.5 Å². The maximum atomic E-state index is 5.96. The number of nitrogens with two attached hydrogens (primary N) is 1. The van der Waals surface area contributed by atoms with E-state index in [0.29, 0.717) is 0 Å². The molecule has 0 saturated carbocycles. The summed E-state index contributed by atoms with van der Waals surface area (Å²) in [6, 6.07) is 8.45. The van der Waals surface area contributed by atoms with Gasteiger partial charge in [-0.2, -0.15) is 0 Å². The van der Waals surface area contributed by atoms with Crippen molar-refractivity contribution >= 4 is 0 Å². The molecule has 2 nitrogen and oxygen atoms in total. The van der Waals surface area contributed by atoms with E-state index in [0.717, 1.165) is 38.0 Å². The van der Waals surface area contributed by atoms with E-state index in [9.17, 15) is 0 Å². The van der Waals surface area contributed by atoms with Crippen LogP contribution in [0.2, 0.25) is 0 Å². The average Bonchev–Trinajstić information content (AvgIpc) is 2.52. The molecule has 2 rings (SSSR count). The molecule has 0 spiro atoms. The molecular weight excluding hydrogens is 258 g/mol. The Morgan fingerprint density at radius 2 is 1.86 bits per heavy atom. The summed E-state index contributed by atoms with van der Waals surface area (Å²) in [7, 11) is 0. The quantitative estimate of drug-likeness (QED) is 0.600. The first-order valence-electron chi connectivity index (χ1n) is 8.04. The van der Waals surface area contributed by atoms with Crippen LogP contribution in [0.1, 0.15) is 38.7 Å². The number of ether oxygens (including phenoxy) is 1. The molecule has 0 aliphatic heterocycles. The van der Waals surface area contributed by atoms with E-state index in [1.165, 1.54) is 5.56 Å². The fourth-order valence-electron chi connectivity index (χ4n) is 2.68. The van der Waals surface area contributed by atoms with Crippen molar-refractivity contribution in [2.75, 3.05) is 6.61 Å². The molecule has 114 valence electrons. The van der Waals surface area contributed by atoms with Gasteiger partial charge in [0.1, 0.15) is 5.75 Å². The van der Waals surface area contributed by atoms with E-state index in [-0.39, 0.29) is 11.5 Å². The second kappa shape index (κ2) is 7.46. The molecule has 0 atom stereocenters. The summed E-state index contributed by atoms with van der Waals surface area (Å²) < 4.78 is 5.96. The van der Waals surface area contributed by atoms with Crippen molar-refractivity contribution in [2.45, 2.75) is 45.6 Å². The minimum absolute atomic E-state index is 0.0562. The van der Waals surface area contributed by atoms with Crippen molar-refractivity contribution in [2.24, 2.45) is 11.1 Å². The Labute approximate surface area is 128 Å². The molecule has 0 aromatic heterocycles. The maximum Gasteiger partial charge on any atom is 0.122 e. The van der Waals surface area contributed by atoms with Crippen LogP contribution in [0.15, 0.2) is 48.6 Å². The molecule has 21 heavy (non-hydrogen) atoms. The lowest BCUT2D eigenvalue weighted by atomic mass is 9.76. The van der Waals surface area contributed by atoms with Crippen LogP contribution in [-0.4, -0.2) is 12.6 Å². The molecule has 1 aliphatic rings. The maximum absolute atomic E-state index is 5.96. The molecule has 0 radical (unpaired) electrons. The van der Waals surface area contributed by atoms with Crippen LogP contribution in [0, 0.1) is 5.41 Å². The van der Waals surface area contributed by atoms with Crippen LogP contribution in [0.25, 0.3) is 0 Å². The summed E-state index contributed by atoms with van der Waals surface area (Å²) in [5.41, 5.74) is 7.26. The normalized spacial score (nSPS) is 24.2. The lowest BCUT2D eigenvalue weighted by Gasteiger charge is -2.30.